The largest absolute Gasteiger partial charge is 0.478 e. The Balaban J connectivity index is 1.91. The van der Waals surface area contributed by atoms with Gasteiger partial charge in [-0.3, -0.25) is 4.79 Å². The molecule has 2 N–H and O–H groups in total. The van der Waals surface area contributed by atoms with Crippen LogP contribution in [-0.4, -0.2) is 28.8 Å². The minimum Gasteiger partial charge on any atom is -0.478 e. The molecule has 24 heavy (non-hydrogen) atoms. The summed E-state index contributed by atoms with van der Waals surface area (Å²) in [5.41, 5.74) is -2.21. The highest BCUT2D eigenvalue weighted by Gasteiger charge is 2.32. The SMILES string of the molecule is CC(C)(Oc1ccc(Cl)cc1)C(=O)NC[C@@](C)(O)Cc1ccco1. The smallest absolute Gasteiger partial charge is 0.263 e. The molecule has 1 aromatic heterocycles. The number of benzene rings is 1. The van der Waals surface area contributed by atoms with Gasteiger partial charge < -0.3 is 19.6 Å². The van der Waals surface area contributed by atoms with Gasteiger partial charge in [0.15, 0.2) is 5.60 Å². The third-order valence-corrected chi connectivity index (χ3v) is 3.75. The van der Waals surface area contributed by atoms with Gasteiger partial charge in [-0.2, -0.15) is 0 Å². The number of carbonyl (C=O) groups is 1. The second kappa shape index (κ2) is 7.28. The zero-order valence-electron chi connectivity index (χ0n) is 14.0. The van der Waals surface area contributed by atoms with Gasteiger partial charge in [-0.25, -0.2) is 0 Å². The molecule has 1 aromatic carbocycles. The Labute approximate surface area is 146 Å². The van der Waals surface area contributed by atoms with E-state index in [-0.39, 0.29) is 12.5 Å². The van der Waals surface area contributed by atoms with Gasteiger partial charge in [-0.1, -0.05) is 11.6 Å². The first-order chi connectivity index (χ1) is 11.2. The van der Waals surface area contributed by atoms with E-state index in [2.05, 4.69) is 5.32 Å². The van der Waals surface area contributed by atoms with Gasteiger partial charge in [0.1, 0.15) is 11.5 Å². The van der Waals surface area contributed by atoms with Crippen molar-refractivity contribution < 1.29 is 19.1 Å². The molecule has 1 atom stereocenters. The molecule has 5 nitrogen and oxygen atoms in total. The van der Waals surface area contributed by atoms with Crippen LogP contribution in [0.15, 0.2) is 47.1 Å². The van der Waals surface area contributed by atoms with Crippen molar-refractivity contribution in [1.82, 2.24) is 5.32 Å². The summed E-state index contributed by atoms with van der Waals surface area (Å²) in [5, 5.41) is 13.7. The lowest BCUT2D eigenvalue weighted by molar-refractivity contribution is -0.135. The molecule has 0 unspecified atom stereocenters. The minimum absolute atomic E-state index is 0.0833. The number of halogens is 1. The molecular weight excluding hydrogens is 330 g/mol. The summed E-state index contributed by atoms with van der Waals surface area (Å²) < 4.78 is 10.9. The molecule has 0 spiro atoms. The molecule has 0 saturated carbocycles. The van der Waals surface area contributed by atoms with Crippen LogP contribution in [0.1, 0.15) is 26.5 Å². The predicted molar refractivity (Wildman–Crippen MR) is 92.2 cm³/mol. The summed E-state index contributed by atoms with van der Waals surface area (Å²) >= 11 is 5.83. The summed E-state index contributed by atoms with van der Waals surface area (Å²) in [6.45, 7) is 5.05. The summed E-state index contributed by atoms with van der Waals surface area (Å²) in [7, 11) is 0. The third kappa shape index (κ3) is 5.28. The topological polar surface area (TPSA) is 71.7 Å². The Morgan fingerprint density at radius 3 is 2.50 bits per heavy atom. The zero-order chi connectivity index (χ0) is 17.8. The Bertz CT molecular complexity index is 663. The number of furan rings is 1. The van der Waals surface area contributed by atoms with Crippen LogP contribution in [0.5, 0.6) is 5.75 Å². The Kier molecular flexibility index (Phi) is 5.57. The molecule has 0 fully saturated rings. The number of carbonyl (C=O) groups excluding carboxylic acids is 1. The van der Waals surface area contributed by atoms with E-state index in [1.165, 1.54) is 0 Å². The molecule has 1 heterocycles. The van der Waals surface area contributed by atoms with Crippen molar-refractivity contribution in [1.29, 1.82) is 0 Å². The zero-order valence-corrected chi connectivity index (χ0v) is 14.8. The Morgan fingerprint density at radius 2 is 1.92 bits per heavy atom. The van der Waals surface area contributed by atoms with Gasteiger partial charge in [0.2, 0.25) is 0 Å². The highest BCUT2D eigenvalue weighted by Crippen LogP contribution is 2.21. The van der Waals surface area contributed by atoms with E-state index in [1.54, 1.807) is 63.4 Å². The lowest BCUT2D eigenvalue weighted by Gasteiger charge is -2.28. The number of hydrogen-bond acceptors (Lipinski definition) is 4. The molecule has 0 radical (unpaired) electrons. The molecule has 2 rings (SSSR count). The van der Waals surface area contributed by atoms with Gasteiger partial charge in [0.05, 0.1) is 11.9 Å². The summed E-state index contributed by atoms with van der Waals surface area (Å²) in [5.74, 6) is 0.880. The number of aliphatic hydroxyl groups is 1. The van der Waals surface area contributed by atoms with Crippen molar-refractivity contribution >= 4 is 17.5 Å². The van der Waals surface area contributed by atoms with Gasteiger partial charge >= 0.3 is 0 Å². The quantitative estimate of drug-likeness (QED) is 0.803. The Hall–Kier alpha value is -1.98. The molecule has 1 amide bonds. The minimum atomic E-state index is -1.12. The maximum absolute atomic E-state index is 12.4. The molecular formula is C18H22ClNO4. The van der Waals surface area contributed by atoms with Crippen molar-refractivity contribution in [3.8, 4) is 5.75 Å². The van der Waals surface area contributed by atoms with Crippen molar-refractivity contribution in [3.63, 3.8) is 0 Å². The van der Waals surface area contributed by atoms with Crippen molar-refractivity contribution in [3.05, 3.63) is 53.4 Å². The van der Waals surface area contributed by atoms with Crippen LogP contribution in [-0.2, 0) is 11.2 Å². The van der Waals surface area contributed by atoms with Crippen LogP contribution in [0.3, 0.4) is 0 Å². The van der Waals surface area contributed by atoms with E-state index >= 15 is 0 Å². The monoisotopic (exact) mass is 351 g/mol. The molecule has 130 valence electrons. The fourth-order valence-corrected chi connectivity index (χ4v) is 2.30. The van der Waals surface area contributed by atoms with Crippen LogP contribution in [0.25, 0.3) is 0 Å². The van der Waals surface area contributed by atoms with Crippen molar-refractivity contribution in [2.75, 3.05) is 6.54 Å². The lowest BCUT2D eigenvalue weighted by Crippen LogP contribution is -2.51. The number of nitrogens with one attached hydrogen (secondary N) is 1. The van der Waals surface area contributed by atoms with E-state index in [9.17, 15) is 9.90 Å². The van der Waals surface area contributed by atoms with E-state index in [0.717, 1.165) is 0 Å². The van der Waals surface area contributed by atoms with Crippen molar-refractivity contribution in [2.45, 2.75) is 38.4 Å². The average molecular weight is 352 g/mol. The van der Waals surface area contributed by atoms with Crippen LogP contribution in [0.2, 0.25) is 5.02 Å². The van der Waals surface area contributed by atoms with Crippen LogP contribution in [0.4, 0.5) is 0 Å². The second-order valence-corrected chi connectivity index (χ2v) is 6.94. The first-order valence-corrected chi connectivity index (χ1v) is 8.03. The number of amides is 1. The normalized spacial score (nSPS) is 14.0. The summed E-state index contributed by atoms with van der Waals surface area (Å²) in [6, 6.07) is 10.3. The van der Waals surface area contributed by atoms with E-state index < -0.39 is 11.2 Å². The second-order valence-electron chi connectivity index (χ2n) is 6.50. The third-order valence-electron chi connectivity index (χ3n) is 3.50. The highest BCUT2D eigenvalue weighted by molar-refractivity contribution is 6.30. The fourth-order valence-electron chi connectivity index (χ4n) is 2.18. The molecule has 2 aromatic rings. The number of rotatable bonds is 7. The van der Waals surface area contributed by atoms with Crippen LogP contribution < -0.4 is 10.1 Å². The number of ether oxygens (including phenoxy) is 1. The van der Waals surface area contributed by atoms with Crippen molar-refractivity contribution in [2.24, 2.45) is 0 Å². The summed E-state index contributed by atoms with van der Waals surface area (Å²) in [4.78, 5) is 12.4. The maximum Gasteiger partial charge on any atom is 0.263 e. The first kappa shape index (κ1) is 18.4. The van der Waals surface area contributed by atoms with Gasteiger partial charge in [0, 0.05) is 18.0 Å². The standard InChI is InChI=1S/C18H22ClNO4/c1-17(2,24-14-8-6-13(19)7-9-14)16(21)20-12-18(3,22)11-15-5-4-10-23-15/h4-10,22H,11-12H2,1-3H3,(H,20,21)/t18-/m0/s1. The molecule has 0 bridgehead atoms. The molecule has 0 aliphatic carbocycles. The van der Waals surface area contributed by atoms with Gasteiger partial charge in [-0.15, -0.1) is 0 Å². The van der Waals surface area contributed by atoms with Gasteiger partial charge in [-0.05, 0) is 57.2 Å². The summed E-state index contributed by atoms with van der Waals surface area (Å²) in [6.07, 6.45) is 1.85. The van der Waals surface area contributed by atoms with Crippen LogP contribution in [0, 0.1) is 0 Å². The van der Waals surface area contributed by atoms with Crippen LogP contribution >= 0.6 is 11.6 Å². The molecule has 0 aliphatic heterocycles. The highest BCUT2D eigenvalue weighted by atomic mass is 35.5. The Morgan fingerprint density at radius 1 is 1.25 bits per heavy atom. The van der Waals surface area contributed by atoms with E-state index in [4.69, 9.17) is 20.8 Å². The van der Waals surface area contributed by atoms with E-state index in [1.807, 2.05) is 0 Å². The maximum atomic E-state index is 12.4. The lowest BCUT2D eigenvalue weighted by atomic mass is 10.00. The molecule has 0 aliphatic rings. The predicted octanol–water partition coefficient (Wildman–Crippen LogP) is 3.20. The fraction of sp³-hybridized carbons (Fsp3) is 0.389. The molecule has 0 saturated heterocycles. The first-order valence-electron chi connectivity index (χ1n) is 7.66. The average Bonchev–Trinajstić information content (AvgIpc) is 2.99. The number of hydrogen-bond donors (Lipinski definition) is 2. The van der Waals surface area contributed by atoms with E-state index in [0.29, 0.717) is 23.0 Å². The molecule has 6 heteroatoms. The van der Waals surface area contributed by atoms with Gasteiger partial charge in [0.25, 0.3) is 5.91 Å².